The Hall–Kier alpha value is -0.860. The maximum absolute atomic E-state index is 5.93. The van der Waals surface area contributed by atoms with E-state index in [1.165, 1.54) is 11.1 Å². The van der Waals surface area contributed by atoms with Crippen molar-refractivity contribution in [2.45, 2.75) is 19.4 Å². The van der Waals surface area contributed by atoms with Crippen LogP contribution in [-0.2, 0) is 0 Å². The monoisotopic (exact) mass is 164 g/mol. The molecule has 66 valence electrons. The van der Waals surface area contributed by atoms with Crippen molar-refractivity contribution in [1.82, 2.24) is 0 Å². The van der Waals surface area contributed by atoms with Crippen LogP contribution in [0.5, 0.6) is 0 Å². The molecule has 2 heteroatoms. The Bertz CT molecular complexity index is 245. The summed E-state index contributed by atoms with van der Waals surface area (Å²) in [6.07, 6.45) is 0.852. The lowest BCUT2D eigenvalue weighted by molar-refractivity contribution is 0.658. The number of hydrogen-bond acceptors (Lipinski definition) is 2. The molecule has 0 aliphatic heterocycles. The Morgan fingerprint density at radius 2 is 2.00 bits per heavy atom. The van der Waals surface area contributed by atoms with Crippen LogP contribution in [-0.4, -0.2) is 6.54 Å². The quantitative estimate of drug-likeness (QED) is 0.708. The van der Waals surface area contributed by atoms with Gasteiger partial charge in [-0.25, -0.2) is 0 Å². The highest BCUT2D eigenvalue weighted by atomic mass is 14.7. The Balaban J connectivity index is 2.79. The van der Waals surface area contributed by atoms with Gasteiger partial charge < -0.3 is 11.5 Å². The SMILES string of the molecule is Cc1ccccc1C(N)CCN. The molecule has 12 heavy (non-hydrogen) atoms. The highest BCUT2D eigenvalue weighted by Gasteiger charge is 2.05. The van der Waals surface area contributed by atoms with Crippen molar-refractivity contribution in [2.24, 2.45) is 11.5 Å². The van der Waals surface area contributed by atoms with Crippen LogP contribution in [0.1, 0.15) is 23.6 Å². The lowest BCUT2D eigenvalue weighted by Gasteiger charge is -2.12. The fourth-order valence-corrected chi connectivity index (χ4v) is 1.34. The van der Waals surface area contributed by atoms with Crippen molar-refractivity contribution in [3.05, 3.63) is 35.4 Å². The van der Waals surface area contributed by atoms with Gasteiger partial charge in [0.25, 0.3) is 0 Å². The lowest BCUT2D eigenvalue weighted by Crippen LogP contribution is -2.16. The number of aryl methyl sites for hydroxylation is 1. The molecule has 0 aliphatic rings. The van der Waals surface area contributed by atoms with Crippen molar-refractivity contribution < 1.29 is 0 Å². The van der Waals surface area contributed by atoms with E-state index in [4.69, 9.17) is 11.5 Å². The first-order chi connectivity index (χ1) is 5.75. The summed E-state index contributed by atoms with van der Waals surface area (Å²) in [4.78, 5) is 0. The smallest absolute Gasteiger partial charge is 0.0309 e. The number of rotatable bonds is 3. The fraction of sp³-hybridized carbons (Fsp3) is 0.400. The number of nitrogens with two attached hydrogens (primary N) is 2. The molecule has 0 aromatic heterocycles. The van der Waals surface area contributed by atoms with Crippen LogP contribution in [0.3, 0.4) is 0 Å². The van der Waals surface area contributed by atoms with Crippen LogP contribution in [0.15, 0.2) is 24.3 Å². The molecule has 0 fully saturated rings. The van der Waals surface area contributed by atoms with E-state index in [-0.39, 0.29) is 6.04 Å². The maximum Gasteiger partial charge on any atom is 0.0309 e. The summed E-state index contributed by atoms with van der Waals surface area (Å²) in [7, 11) is 0. The summed E-state index contributed by atoms with van der Waals surface area (Å²) in [5, 5.41) is 0. The Morgan fingerprint density at radius 3 is 2.58 bits per heavy atom. The molecule has 1 aromatic rings. The molecule has 0 saturated carbocycles. The standard InChI is InChI=1S/C10H16N2/c1-8-4-2-3-5-9(8)10(12)6-7-11/h2-5,10H,6-7,11-12H2,1H3. The third kappa shape index (κ3) is 2.06. The summed E-state index contributed by atoms with van der Waals surface area (Å²) >= 11 is 0. The number of hydrogen-bond donors (Lipinski definition) is 2. The normalized spacial score (nSPS) is 12.9. The van der Waals surface area contributed by atoms with Gasteiger partial charge in [0.15, 0.2) is 0 Å². The van der Waals surface area contributed by atoms with Crippen molar-refractivity contribution in [1.29, 1.82) is 0 Å². The molecule has 4 N–H and O–H groups in total. The van der Waals surface area contributed by atoms with Crippen molar-refractivity contribution in [3.63, 3.8) is 0 Å². The van der Waals surface area contributed by atoms with E-state index in [9.17, 15) is 0 Å². The Kier molecular flexibility index (Phi) is 3.26. The first-order valence-electron chi connectivity index (χ1n) is 4.27. The zero-order valence-corrected chi connectivity index (χ0v) is 7.46. The molecule has 0 bridgehead atoms. The van der Waals surface area contributed by atoms with Crippen LogP contribution in [0.4, 0.5) is 0 Å². The molecule has 0 aliphatic carbocycles. The van der Waals surface area contributed by atoms with Crippen LogP contribution < -0.4 is 11.5 Å². The van der Waals surface area contributed by atoms with Gasteiger partial charge in [-0.2, -0.15) is 0 Å². The molecule has 0 radical (unpaired) electrons. The first kappa shape index (κ1) is 9.23. The molecule has 1 rings (SSSR count). The predicted molar refractivity (Wildman–Crippen MR) is 51.8 cm³/mol. The Labute approximate surface area is 73.6 Å². The summed E-state index contributed by atoms with van der Waals surface area (Å²) in [5.41, 5.74) is 13.8. The highest BCUT2D eigenvalue weighted by Crippen LogP contribution is 2.16. The lowest BCUT2D eigenvalue weighted by atomic mass is 10.00. The molecule has 1 aromatic carbocycles. The maximum atomic E-state index is 5.93. The van der Waals surface area contributed by atoms with Crippen molar-refractivity contribution >= 4 is 0 Å². The third-order valence-corrected chi connectivity index (χ3v) is 2.07. The van der Waals surface area contributed by atoms with E-state index < -0.39 is 0 Å². The summed E-state index contributed by atoms with van der Waals surface area (Å²) in [6.45, 7) is 2.72. The van der Waals surface area contributed by atoms with Crippen LogP contribution in [0.2, 0.25) is 0 Å². The number of benzene rings is 1. The summed E-state index contributed by atoms with van der Waals surface area (Å²) in [6, 6.07) is 8.27. The van der Waals surface area contributed by atoms with Gasteiger partial charge in [-0.1, -0.05) is 24.3 Å². The molecule has 1 unspecified atom stereocenters. The van der Waals surface area contributed by atoms with E-state index >= 15 is 0 Å². The zero-order chi connectivity index (χ0) is 8.97. The largest absolute Gasteiger partial charge is 0.330 e. The van der Waals surface area contributed by atoms with Gasteiger partial charge >= 0.3 is 0 Å². The molecule has 0 heterocycles. The van der Waals surface area contributed by atoms with Crippen LogP contribution >= 0.6 is 0 Å². The van der Waals surface area contributed by atoms with Gasteiger partial charge in [0.1, 0.15) is 0 Å². The minimum Gasteiger partial charge on any atom is -0.330 e. The fourth-order valence-electron chi connectivity index (χ4n) is 1.34. The molecular formula is C10H16N2. The second-order valence-electron chi connectivity index (χ2n) is 3.04. The average molecular weight is 164 g/mol. The van der Waals surface area contributed by atoms with Crippen molar-refractivity contribution in [2.75, 3.05) is 6.54 Å². The van der Waals surface area contributed by atoms with Crippen LogP contribution in [0, 0.1) is 6.92 Å². The molecule has 1 atom stereocenters. The topological polar surface area (TPSA) is 52.0 Å². The highest BCUT2D eigenvalue weighted by molar-refractivity contribution is 5.28. The first-order valence-corrected chi connectivity index (χ1v) is 4.27. The average Bonchev–Trinajstić information content (AvgIpc) is 2.05. The van der Waals surface area contributed by atoms with Gasteiger partial charge in [-0.3, -0.25) is 0 Å². The summed E-state index contributed by atoms with van der Waals surface area (Å²) < 4.78 is 0. The minimum atomic E-state index is 0.0937. The Morgan fingerprint density at radius 1 is 1.33 bits per heavy atom. The molecule has 0 saturated heterocycles. The summed E-state index contributed by atoms with van der Waals surface area (Å²) in [5.74, 6) is 0. The molecular weight excluding hydrogens is 148 g/mol. The molecule has 2 nitrogen and oxygen atoms in total. The molecule has 0 spiro atoms. The molecule has 0 amide bonds. The zero-order valence-electron chi connectivity index (χ0n) is 7.46. The van der Waals surface area contributed by atoms with E-state index in [2.05, 4.69) is 19.1 Å². The van der Waals surface area contributed by atoms with E-state index in [1.807, 2.05) is 12.1 Å². The van der Waals surface area contributed by atoms with Gasteiger partial charge in [0.05, 0.1) is 0 Å². The second kappa shape index (κ2) is 4.24. The van der Waals surface area contributed by atoms with Gasteiger partial charge in [0.2, 0.25) is 0 Å². The third-order valence-electron chi connectivity index (χ3n) is 2.07. The van der Waals surface area contributed by atoms with E-state index in [0.29, 0.717) is 6.54 Å². The van der Waals surface area contributed by atoms with Gasteiger partial charge in [0, 0.05) is 6.04 Å². The predicted octanol–water partition coefficient (Wildman–Crippen LogP) is 1.34. The van der Waals surface area contributed by atoms with Gasteiger partial charge in [-0.05, 0) is 31.0 Å². The van der Waals surface area contributed by atoms with Crippen LogP contribution in [0.25, 0.3) is 0 Å². The second-order valence-corrected chi connectivity index (χ2v) is 3.04. The van der Waals surface area contributed by atoms with E-state index in [0.717, 1.165) is 6.42 Å². The van der Waals surface area contributed by atoms with Crippen molar-refractivity contribution in [3.8, 4) is 0 Å². The minimum absolute atomic E-state index is 0.0937. The van der Waals surface area contributed by atoms with E-state index in [1.54, 1.807) is 0 Å². The van der Waals surface area contributed by atoms with Gasteiger partial charge in [-0.15, -0.1) is 0 Å².